The summed E-state index contributed by atoms with van der Waals surface area (Å²) in [5, 5.41) is 3.42. The fourth-order valence-corrected chi connectivity index (χ4v) is 3.71. The number of furan rings is 1. The van der Waals surface area contributed by atoms with Gasteiger partial charge in [-0.3, -0.25) is 0 Å². The van der Waals surface area contributed by atoms with E-state index in [-0.39, 0.29) is 11.6 Å². The fraction of sp³-hybridized carbons (Fsp3) is 0.733. The van der Waals surface area contributed by atoms with Gasteiger partial charge in [-0.1, -0.05) is 25.7 Å². The minimum Gasteiger partial charge on any atom is -0.466 e. The van der Waals surface area contributed by atoms with Crippen molar-refractivity contribution in [2.75, 3.05) is 13.7 Å². The van der Waals surface area contributed by atoms with Crippen LogP contribution in [0.3, 0.4) is 0 Å². The predicted octanol–water partition coefficient (Wildman–Crippen LogP) is 4.43. The second kappa shape index (κ2) is 6.91. The van der Waals surface area contributed by atoms with Crippen LogP contribution in [0.25, 0.3) is 0 Å². The van der Waals surface area contributed by atoms with Gasteiger partial charge in [0.25, 0.3) is 0 Å². The maximum atomic E-state index is 6.24. The van der Waals surface area contributed by atoms with Crippen molar-refractivity contribution in [2.24, 2.45) is 0 Å². The Kier molecular flexibility index (Phi) is 5.48. The molecule has 0 aliphatic heterocycles. The van der Waals surface area contributed by atoms with Gasteiger partial charge in [0.15, 0.2) is 0 Å². The zero-order chi connectivity index (χ0) is 13.7. The Morgan fingerprint density at radius 1 is 1.37 bits per heavy atom. The summed E-state index contributed by atoms with van der Waals surface area (Å²) in [7, 11) is 1.99. The molecule has 1 heterocycles. The molecule has 4 heteroatoms. The first-order valence-corrected chi connectivity index (χ1v) is 8.07. The Morgan fingerprint density at radius 3 is 2.53 bits per heavy atom. The number of likely N-dealkylation sites (N-methyl/N-ethyl adjacent to an activating group) is 1. The average molecular weight is 330 g/mol. The number of halogens is 1. The van der Waals surface area contributed by atoms with Gasteiger partial charge >= 0.3 is 0 Å². The first kappa shape index (κ1) is 15.1. The van der Waals surface area contributed by atoms with E-state index in [0.29, 0.717) is 0 Å². The monoisotopic (exact) mass is 329 g/mol. The molecule has 0 amide bonds. The topological polar surface area (TPSA) is 34.4 Å². The van der Waals surface area contributed by atoms with Crippen molar-refractivity contribution in [1.29, 1.82) is 0 Å². The highest BCUT2D eigenvalue weighted by molar-refractivity contribution is 9.10. The van der Waals surface area contributed by atoms with Gasteiger partial charge in [0, 0.05) is 6.61 Å². The third kappa shape index (κ3) is 3.23. The lowest BCUT2D eigenvalue weighted by Crippen LogP contribution is -2.45. The van der Waals surface area contributed by atoms with Gasteiger partial charge in [0.1, 0.15) is 5.76 Å². The van der Waals surface area contributed by atoms with Crippen LogP contribution in [0.4, 0.5) is 0 Å². The molecule has 1 saturated carbocycles. The first-order valence-electron chi connectivity index (χ1n) is 7.27. The van der Waals surface area contributed by atoms with Crippen LogP contribution >= 0.6 is 15.9 Å². The summed E-state index contributed by atoms with van der Waals surface area (Å²) in [6, 6.07) is 2.06. The van der Waals surface area contributed by atoms with Crippen molar-refractivity contribution in [2.45, 2.75) is 57.1 Å². The number of rotatable bonds is 5. The molecular formula is C15H24BrNO2. The van der Waals surface area contributed by atoms with E-state index in [1.54, 1.807) is 6.26 Å². The zero-order valence-corrected chi connectivity index (χ0v) is 13.5. The molecule has 0 saturated heterocycles. The molecule has 2 rings (SSSR count). The van der Waals surface area contributed by atoms with E-state index >= 15 is 0 Å². The van der Waals surface area contributed by atoms with Crippen molar-refractivity contribution in [1.82, 2.24) is 5.32 Å². The Bertz CT molecular complexity index is 383. The molecule has 19 heavy (non-hydrogen) atoms. The molecule has 1 aliphatic carbocycles. The molecule has 1 aromatic heterocycles. The van der Waals surface area contributed by atoms with Gasteiger partial charge in [-0.25, -0.2) is 0 Å². The second-order valence-electron chi connectivity index (χ2n) is 5.27. The standard InChI is InChI=1S/C15H24BrNO2/c1-3-19-15(9-6-4-5-7-10-15)14(17-2)13-12(16)8-11-18-13/h8,11,14,17H,3-7,9-10H2,1-2H3. The summed E-state index contributed by atoms with van der Waals surface area (Å²) in [6.45, 7) is 2.83. The van der Waals surface area contributed by atoms with Crippen LogP contribution in [0.1, 0.15) is 57.3 Å². The van der Waals surface area contributed by atoms with E-state index in [0.717, 1.165) is 29.7 Å². The van der Waals surface area contributed by atoms with Crippen molar-refractivity contribution in [3.8, 4) is 0 Å². The number of ether oxygens (including phenoxy) is 1. The van der Waals surface area contributed by atoms with E-state index < -0.39 is 0 Å². The molecule has 0 bridgehead atoms. The normalized spacial score (nSPS) is 21.0. The summed E-state index contributed by atoms with van der Waals surface area (Å²) in [6.07, 6.45) is 9.02. The Labute approximate surface area is 124 Å². The molecule has 1 aliphatic rings. The number of hydrogen-bond acceptors (Lipinski definition) is 3. The third-order valence-corrected chi connectivity index (χ3v) is 4.76. The summed E-state index contributed by atoms with van der Waals surface area (Å²) in [5.41, 5.74) is -0.139. The number of hydrogen-bond donors (Lipinski definition) is 1. The molecule has 1 fully saturated rings. The largest absolute Gasteiger partial charge is 0.466 e. The van der Waals surface area contributed by atoms with Crippen LogP contribution in [0.5, 0.6) is 0 Å². The first-order chi connectivity index (χ1) is 9.23. The maximum Gasteiger partial charge on any atom is 0.137 e. The van der Waals surface area contributed by atoms with Crippen LogP contribution in [-0.2, 0) is 4.74 Å². The molecule has 1 aromatic rings. The van der Waals surface area contributed by atoms with E-state index in [4.69, 9.17) is 9.15 Å². The molecule has 108 valence electrons. The highest BCUT2D eigenvalue weighted by atomic mass is 79.9. The summed E-state index contributed by atoms with van der Waals surface area (Å²) in [5.74, 6) is 0.956. The lowest BCUT2D eigenvalue weighted by molar-refractivity contribution is -0.0810. The average Bonchev–Trinajstić information content (AvgIpc) is 2.68. The van der Waals surface area contributed by atoms with Crippen LogP contribution in [0.2, 0.25) is 0 Å². The van der Waals surface area contributed by atoms with E-state index in [1.165, 1.54) is 25.7 Å². The van der Waals surface area contributed by atoms with E-state index in [2.05, 4.69) is 28.2 Å². The van der Waals surface area contributed by atoms with Crippen molar-refractivity contribution in [3.05, 3.63) is 22.6 Å². The number of nitrogens with one attached hydrogen (secondary N) is 1. The Morgan fingerprint density at radius 2 is 2.05 bits per heavy atom. The molecule has 1 N–H and O–H groups in total. The molecular weight excluding hydrogens is 306 g/mol. The van der Waals surface area contributed by atoms with Gasteiger partial charge in [-0.2, -0.15) is 0 Å². The predicted molar refractivity (Wildman–Crippen MR) is 80.3 cm³/mol. The lowest BCUT2D eigenvalue weighted by atomic mass is 9.84. The highest BCUT2D eigenvalue weighted by Gasteiger charge is 2.42. The van der Waals surface area contributed by atoms with Gasteiger partial charge < -0.3 is 14.5 Å². The Hall–Kier alpha value is -0.320. The Balaban J connectivity index is 2.31. The summed E-state index contributed by atoms with van der Waals surface area (Å²) >= 11 is 3.58. The van der Waals surface area contributed by atoms with Crippen molar-refractivity contribution < 1.29 is 9.15 Å². The summed E-state index contributed by atoms with van der Waals surface area (Å²) < 4.78 is 13.0. The molecule has 0 spiro atoms. The minimum atomic E-state index is -0.139. The molecule has 0 radical (unpaired) electrons. The summed E-state index contributed by atoms with van der Waals surface area (Å²) in [4.78, 5) is 0. The quantitative estimate of drug-likeness (QED) is 0.811. The third-order valence-electron chi connectivity index (χ3n) is 4.10. The maximum absolute atomic E-state index is 6.24. The highest BCUT2D eigenvalue weighted by Crippen LogP contribution is 2.42. The van der Waals surface area contributed by atoms with Crippen LogP contribution in [0.15, 0.2) is 21.2 Å². The van der Waals surface area contributed by atoms with Crippen molar-refractivity contribution >= 4 is 15.9 Å². The minimum absolute atomic E-state index is 0.106. The van der Waals surface area contributed by atoms with Crippen LogP contribution in [0, 0.1) is 0 Å². The molecule has 0 aromatic carbocycles. The van der Waals surface area contributed by atoms with E-state index in [1.807, 2.05) is 13.1 Å². The second-order valence-corrected chi connectivity index (χ2v) is 6.12. The van der Waals surface area contributed by atoms with Gasteiger partial charge in [0.2, 0.25) is 0 Å². The van der Waals surface area contributed by atoms with Crippen LogP contribution < -0.4 is 5.32 Å². The van der Waals surface area contributed by atoms with Gasteiger partial charge in [-0.05, 0) is 48.8 Å². The fourth-order valence-electron chi connectivity index (χ4n) is 3.28. The van der Waals surface area contributed by atoms with Gasteiger partial charge in [0.05, 0.1) is 22.4 Å². The molecule has 1 atom stereocenters. The lowest BCUT2D eigenvalue weighted by Gasteiger charge is -2.39. The molecule has 3 nitrogen and oxygen atoms in total. The zero-order valence-electron chi connectivity index (χ0n) is 11.9. The smallest absolute Gasteiger partial charge is 0.137 e. The van der Waals surface area contributed by atoms with Crippen LogP contribution in [-0.4, -0.2) is 19.3 Å². The van der Waals surface area contributed by atoms with Crippen molar-refractivity contribution in [3.63, 3.8) is 0 Å². The molecule has 1 unspecified atom stereocenters. The van der Waals surface area contributed by atoms with E-state index in [9.17, 15) is 0 Å². The van der Waals surface area contributed by atoms with Gasteiger partial charge in [-0.15, -0.1) is 0 Å². The SMILES string of the molecule is CCOC1(C(NC)c2occc2Br)CCCCCC1.